The van der Waals surface area contributed by atoms with Gasteiger partial charge in [0.15, 0.2) is 0 Å². The van der Waals surface area contributed by atoms with Gasteiger partial charge in [-0.3, -0.25) is 0 Å². The molecule has 2 nitrogen and oxygen atoms in total. The van der Waals surface area contributed by atoms with Crippen LogP contribution in [0.1, 0.15) is 56.4 Å². The molecule has 0 bridgehead atoms. The van der Waals surface area contributed by atoms with Crippen molar-refractivity contribution in [1.82, 2.24) is 0 Å². The topological polar surface area (TPSA) is 32.3 Å². The molecule has 0 fully saturated rings. The summed E-state index contributed by atoms with van der Waals surface area (Å²) in [6.07, 6.45) is 3.00. The predicted octanol–water partition coefficient (Wildman–Crippen LogP) is 5.08. The molecular formula is C19H25NO. The van der Waals surface area contributed by atoms with E-state index in [2.05, 4.69) is 36.5 Å². The summed E-state index contributed by atoms with van der Waals surface area (Å²) < 4.78 is 0. The van der Waals surface area contributed by atoms with E-state index in [1.807, 2.05) is 37.3 Å². The van der Waals surface area contributed by atoms with Crippen molar-refractivity contribution in [1.29, 1.82) is 0 Å². The second-order valence-electron chi connectivity index (χ2n) is 5.51. The van der Waals surface area contributed by atoms with Crippen molar-refractivity contribution in [3.8, 4) is 0 Å². The van der Waals surface area contributed by atoms with Crippen LogP contribution in [-0.2, 0) is 0 Å². The number of anilines is 1. The van der Waals surface area contributed by atoms with Gasteiger partial charge in [-0.05, 0) is 25.0 Å². The molecule has 0 radical (unpaired) electrons. The normalized spacial score (nSPS) is 13.7. The van der Waals surface area contributed by atoms with E-state index in [4.69, 9.17) is 0 Å². The molecular weight excluding hydrogens is 258 g/mol. The Morgan fingerprint density at radius 2 is 1.67 bits per heavy atom. The number of rotatable bonds is 7. The SMILES string of the molecule is CCCCC(Nc1ccccc1C(C)O)c1ccccc1. The Kier molecular flexibility index (Phi) is 5.82. The summed E-state index contributed by atoms with van der Waals surface area (Å²) in [7, 11) is 0. The molecule has 21 heavy (non-hydrogen) atoms. The third-order valence-electron chi connectivity index (χ3n) is 3.79. The van der Waals surface area contributed by atoms with Crippen LogP contribution in [0.25, 0.3) is 0 Å². The van der Waals surface area contributed by atoms with Gasteiger partial charge >= 0.3 is 0 Å². The maximum absolute atomic E-state index is 9.92. The number of hydrogen-bond acceptors (Lipinski definition) is 2. The van der Waals surface area contributed by atoms with Crippen LogP contribution < -0.4 is 5.32 Å². The van der Waals surface area contributed by atoms with Gasteiger partial charge in [-0.15, -0.1) is 0 Å². The minimum absolute atomic E-state index is 0.283. The van der Waals surface area contributed by atoms with Gasteiger partial charge in [0.2, 0.25) is 0 Å². The second kappa shape index (κ2) is 7.84. The number of hydrogen-bond donors (Lipinski definition) is 2. The monoisotopic (exact) mass is 283 g/mol. The summed E-state index contributed by atoms with van der Waals surface area (Å²) in [5.41, 5.74) is 3.28. The van der Waals surface area contributed by atoms with E-state index >= 15 is 0 Å². The first-order chi connectivity index (χ1) is 10.2. The van der Waals surface area contributed by atoms with E-state index in [-0.39, 0.29) is 6.04 Å². The van der Waals surface area contributed by atoms with Gasteiger partial charge in [-0.25, -0.2) is 0 Å². The lowest BCUT2D eigenvalue weighted by Crippen LogP contribution is -2.12. The minimum Gasteiger partial charge on any atom is -0.389 e. The fourth-order valence-corrected chi connectivity index (χ4v) is 2.60. The lowest BCUT2D eigenvalue weighted by molar-refractivity contribution is 0.200. The lowest BCUT2D eigenvalue weighted by Gasteiger charge is -2.23. The number of para-hydroxylation sites is 1. The average molecular weight is 283 g/mol. The molecule has 2 aromatic rings. The highest BCUT2D eigenvalue weighted by atomic mass is 16.3. The molecule has 0 heterocycles. The molecule has 0 saturated carbocycles. The molecule has 2 unspecified atom stereocenters. The zero-order valence-corrected chi connectivity index (χ0v) is 12.9. The summed E-state index contributed by atoms with van der Waals surface area (Å²) in [5, 5.41) is 13.5. The van der Waals surface area contributed by atoms with Gasteiger partial charge in [-0.1, -0.05) is 68.3 Å². The summed E-state index contributed by atoms with van der Waals surface area (Å²) in [4.78, 5) is 0. The minimum atomic E-state index is -0.462. The fraction of sp³-hybridized carbons (Fsp3) is 0.368. The zero-order valence-electron chi connectivity index (χ0n) is 12.9. The molecule has 0 saturated heterocycles. The Labute approximate surface area is 127 Å². The van der Waals surface area contributed by atoms with E-state index in [1.165, 1.54) is 18.4 Å². The van der Waals surface area contributed by atoms with Gasteiger partial charge in [0.25, 0.3) is 0 Å². The van der Waals surface area contributed by atoms with Gasteiger partial charge < -0.3 is 10.4 Å². The molecule has 2 rings (SSSR count). The van der Waals surface area contributed by atoms with E-state index in [9.17, 15) is 5.11 Å². The molecule has 0 amide bonds. The van der Waals surface area contributed by atoms with Crippen molar-refractivity contribution in [3.05, 3.63) is 65.7 Å². The average Bonchev–Trinajstić information content (AvgIpc) is 2.52. The molecule has 0 spiro atoms. The van der Waals surface area contributed by atoms with Crippen LogP contribution in [0, 0.1) is 0 Å². The number of benzene rings is 2. The van der Waals surface area contributed by atoms with Crippen LogP contribution in [0.15, 0.2) is 54.6 Å². The Bertz CT molecular complexity index is 536. The quantitative estimate of drug-likeness (QED) is 0.742. The molecule has 0 aromatic heterocycles. The molecule has 2 aromatic carbocycles. The van der Waals surface area contributed by atoms with Crippen LogP contribution in [0.5, 0.6) is 0 Å². The van der Waals surface area contributed by atoms with Crippen LogP contribution in [0.3, 0.4) is 0 Å². The fourth-order valence-electron chi connectivity index (χ4n) is 2.60. The Morgan fingerprint density at radius 3 is 2.33 bits per heavy atom. The van der Waals surface area contributed by atoms with Gasteiger partial charge in [-0.2, -0.15) is 0 Å². The van der Waals surface area contributed by atoms with Crippen molar-refractivity contribution in [2.75, 3.05) is 5.32 Å². The highest BCUT2D eigenvalue weighted by Gasteiger charge is 2.14. The number of unbranched alkanes of at least 4 members (excludes halogenated alkanes) is 1. The summed E-state index contributed by atoms with van der Waals surface area (Å²) in [6, 6.07) is 18.8. The highest BCUT2D eigenvalue weighted by molar-refractivity contribution is 5.53. The van der Waals surface area contributed by atoms with Gasteiger partial charge in [0, 0.05) is 11.3 Å². The molecule has 2 heteroatoms. The molecule has 0 aliphatic rings. The summed E-state index contributed by atoms with van der Waals surface area (Å²) in [5.74, 6) is 0. The molecule has 2 N–H and O–H groups in total. The molecule has 0 aliphatic carbocycles. The third-order valence-corrected chi connectivity index (χ3v) is 3.79. The van der Waals surface area contributed by atoms with E-state index < -0.39 is 6.10 Å². The Balaban J connectivity index is 2.23. The smallest absolute Gasteiger partial charge is 0.0781 e. The highest BCUT2D eigenvalue weighted by Crippen LogP contribution is 2.29. The van der Waals surface area contributed by atoms with Crippen molar-refractivity contribution in [2.24, 2.45) is 0 Å². The van der Waals surface area contributed by atoms with Crippen LogP contribution in [0.4, 0.5) is 5.69 Å². The number of aliphatic hydroxyl groups excluding tert-OH is 1. The second-order valence-corrected chi connectivity index (χ2v) is 5.51. The maximum Gasteiger partial charge on any atom is 0.0781 e. The molecule has 112 valence electrons. The number of nitrogens with one attached hydrogen (secondary N) is 1. The summed E-state index contributed by atoms with van der Waals surface area (Å²) >= 11 is 0. The summed E-state index contributed by atoms with van der Waals surface area (Å²) in [6.45, 7) is 4.02. The first kappa shape index (κ1) is 15.6. The van der Waals surface area contributed by atoms with Crippen LogP contribution in [0.2, 0.25) is 0 Å². The lowest BCUT2D eigenvalue weighted by atomic mass is 9.99. The van der Waals surface area contributed by atoms with Gasteiger partial charge in [0.05, 0.1) is 12.1 Å². The van der Waals surface area contributed by atoms with E-state index in [0.717, 1.165) is 17.7 Å². The van der Waals surface area contributed by atoms with Crippen LogP contribution >= 0.6 is 0 Å². The Hall–Kier alpha value is -1.80. The zero-order chi connectivity index (χ0) is 15.1. The Morgan fingerprint density at radius 1 is 1.00 bits per heavy atom. The standard InChI is InChI=1S/C19H25NO/c1-3-4-13-18(16-10-6-5-7-11-16)20-19-14-9-8-12-17(19)15(2)21/h5-12,14-15,18,20-21H,3-4,13H2,1-2H3. The molecule has 0 aliphatic heterocycles. The largest absolute Gasteiger partial charge is 0.389 e. The van der Waals surface area contributed by atoms with Gasteiger partial charge in [0.1, 0.15) is 0 Å². The van der Waals surface area contributed by atoms with Crippen LogP contribution in [-0.4, -0.2) is 5.11 Å². The molecule has 2 atom stereocenters. The van der Waals surface area contributed by atoms with E-state index in [1.54, 1.807) is 0 Å². The first-order valence-corrected chi connectivity index (χ1v) is 7.80. The van der Waals surface area contributed by atoms with Crippen molar-refractivity contribution < 1.29 is 5.11 Å². The predicted molar refractivity (Wildman–Crippen MR) is 89.4 cm³/mol. The van der Waals surface area contributed by atoms with Crippen molar-refractivity contribution in [3.63, 3.8) is 0 Å². The number of aliphatic hydroxyl groups is 1. The maximum atomic E-state index is 9.92. The van der Waals surface area contributed by atoms with Crippen molar-refractivity contribution in [2.45, 2.75) is 45.3 Å². The first-order valence-electron chi connectivity index (χ1n) is 7.80. The third kappa shape index (κ3) is 4.33. The van der Waals surface area contributed by atoms with Crippen molar-refractivity contribution >= 4 is 5.69 Å². The van der Waals surface area contributed by atoms with E-state index in [0.29, 0.717) is 0 Å².